The van der Waals surface area contributed by atoms with E-state index in [1.165, 1.54) is 0 Å². The lowest BCUT2D eigenvalue weighted by atomic mass is 10.1. The van der Waals surface area contributed by atoms with Gasteiger partial charge in [0.15, 0.2) is 4.67 Å². The maximum atomic E-state index is 6.16. The van der Waals surface area contributed by atoms with Crippen LogP contribution in [-0.2, 0) is 19.9 Å². The van der Waals surface area contributed by atoms with Crippen LogP contribution in [0.5, 0.6) is 0 Å². The molecule has 0 radical (unpaired) electrons. The molecule has 2 aromatic heterocycles. The maximum Gasteiger partial charge on any atom is 0.173 e. The smallest absolute Gasteiger partial charge is 0.173 e. The van der Waals surface area contributed by atoms with Crippen LogP contribution in [0.1, 0.15) is 29.9 Å². The quantitative estimate of drug-likeness (QED) is 0.944. The fourth-order valence-corrected chi connectivity index (χ4v) is 2.37. The molecule has 2 aromatic rings. The van der Waals surface area contributed by atoms with E-state index < -0.39 is 0 Å². The first kappa shape index (κ1) is 12.4. The number of nitrogens with two attached hydrogens (primary N) is 1. The van der Waals surface area contributed by atoms with Crippen LogP contribution in [-0.4, -0.2) is 9.78 Å². The molecule has 92 valence electrons. The number of hydrogen-bond acceptors (Lipinski definition) is 3. The van der Waals surface area contributed by atoms with E-state index in [1.807, 2.05) is 17.8 Å². The molecule has 0 aliphatic rings. The summed E-state index contributed by atoms with van der Waals surface area (Å²) in [5.41, 5.74) is 9.39. The highest BCUT2D eigenvalue weighted by molar-refractivity contribution is 9.10. The van der Waals surface area contributed by atoms with E-state index in [2.05, 4.69) is 34.0 Å². The van der Waals surface area contributed by atoms with Crippen molar-refractivity contribution in [3.8, 4) is 0 Å². The zero-order chi connectivity index (χ0) is 12.4. The van der Waals surface area contributed by atoms with E-state index in [-0.39, 0.29) is 6.04 Å². The number of furan rings is 1. The van der Waals surface area contributed by atoms with Crippen molar-refractivity contribution >= 4 is 15.9 Å². The van der Waals surface area contributed by atoms with Gasteiger partial charge in [-0.1, -0.05) is 6.92 Å². The number of aryl methyl sites for hydroxylation is 2. The van der Waals surface area contributed by atoms with Gasteiger partial charge >= 0.3 is 0 Å². The second kappa shape index (κ2) is 5.06. The zero-order valence-corrected chi connectivity index (χ0v) is 11.6. The van der Waals surface area contributed by atoms with Crippen molar-refractivity contribution in [1.29, 1.82) is 0 Å². The zero-order valence-electron chi connectivity index (χ0n) is 9.98. The monoisotopic (exact) mass is 297 g/mol. The summed E-state index contributed by atoms with van der Waals surface area (Å²) in [7, 11) is 1.95. The van der Waals surface area contributed by atoms with Gasteiger partial charge in [-0.05, 0) is 34.5 Å². The number of halogens is 1. The first-order valence-corrected chi connectivity index (χ1v) is 6.41. The molecular weight excluding hydrogens is 282 g/mol. The van der Waals surface area contributed by atoms with Crippen molar-refractivity contribution < 1.29 is 4.42 Å². The molecule has 0 amide bonds. The summed E-state index contributed by atoms with van der Waals surface area (Å²) < 4.78 is 7.80. The molecular formula is C12H16BrN3O. The average molecular weight is 298 g/mol. The van der Waals surface area contributed by atoms with E-state index in [1.54, 1.807) is 6.26 Å². The predicted molar refractivity (Wildman–Crippen MR) is 69.6 cm³/mol. The van der Waals surface area contributed by atoms with Gasteiger partial charge in [0.2, 0.25) is 0 Å². The third kappa shape index (κ3) is 2.61. The van der Waals surface area contributed by atoms with Gasteiger partial charge in [0.1, 0.15) is 0 Å². The molecule has 4 nitrogen and oxygen atoms in total. The fraction of sp³-hybridized carbons (Fsp3) is 0.417. The number of hydrogen-bond donors (Lipinski definition) is 1. The van der Waals surface area contributed by atoms with Crippen LogP contribution >= 0.6 is 15.9 Å². The highest BCUT2D eigenvalue weighted by Gasteiger charge is 2.15. The first-order chi connectivity index (χ1) is 8.11. The van der Waals surface area contributed by atoms with Gasteiger partial charge in [0.25, 0.3) is 0 Å². The maximum absolute atomic E-state index is 6.16. The highest BCUT2D eigenvalue weighted by Crippen LogP contribution is 2.25. The van der Waals surface area contributed by atoms with E-state index in [0.717, 1.165) is 29.8 Å². The van der Waals surface area contributed by atoms with Gasteiger partial charge in [-0.3, -0.25) is 4.68 Å². The highest BCUT2D eigenvalue weighted by atomic mass is 79.9. The molecule has 2 rings (SSSR count). The largest absolute Gasteiger partial charge is 0.457 e. The summed E-state index contributed by atoms with van der Waals surface area (Å²) >= 11 is 3.35. The van der Waals surface area contributed by atoms with Gasteiger partial charge in [-0.25, -0.2) is 0 Å². The van der Waals surface area contributed by atoms with Crippen LogP contribution in [0.2, 0.25) is 0 Å². The summed E-state index contributed by atoms with van der Waals surface area (Å²) in [5, 5.41) is 4.41. The van der Waals surface area contributed by atoms with Gasteiger partial charge < -0.3 is 10.2 Å². The third-order valence-electron chi connectivity index (χ3n) is 2.86. The minimum Gasteiger partial charge on any atom is -0.457 e. The molecule has 17 heavy (non-hydrogen) atoms. The second-order valence-electron chi connectivity index (χ2n) is 4.06. The molecule has 0 fully saturated rings. The Morgan fingerprint density at radius 3 is 2.88 bits per heavy atom. The van der Waals surface area contributed by atoms with Gasteiger partial charge in [-0.2, -0.15) is 5.10 Å². The van der Waals surface area contributed by atoms with E-state index in [4.69, 9.17) is 10.2 Å². The molecule has 2 heterocycles. The second-order valence-corrected chi connectivity index (χ2v) is 4.78. The molecule has 1 atom stereocenters. The van der Waals surface area contributed by atoms with Crippen molar-refractivity contribution in [1.82, 2.24) is 9.78 Å². The number of aromatic nitrogens is 2. The van der Waals surface area contributed by atoms with Crippen molar-refractivity contribution in [2.45, 2.75) is 25.8 Å². The molecule has 0 aromatic carbocycles. The Morgan fingerprint density at radius 1 is 1.59 bits per heavy atom. The molecule has 1 unspecified atom stereocenters. The van der Waals surface area contributed by atoms with Gasteiger partial charge in [0.05, 0.1) is 12.0 Å². The standard InChI is InChI=1S/C12H16BrN3O/c1-3-8-6-9(16(2)15-8)7-11(14)10-4-5-17-12(10)13/h4-6,11H,3,7,14H2,1-2H3. The Balaban J connectivity index is 2.15. The Hall–Kier alpha value is -1.07. The van der Waals surface area contributed by atoms with Crippen LogP contribution in [0.3, 0.4) is 0 Å². The minimum absolute atomic E-state index is 0.0803. The van der Waals surface area contributed by atoms with Crippen LogP contribution in [0, 0.1) is 0 Å². The summed E-state index contributed by atoms with van der Waals surface area (Å²) in [4.78, 5) is 0. The molecule has 0 bridgehead atoms. The lowest BCUT2D eigenvalue weighted by Gasteiger charge is -2.09. The lowest BCUT2D eigenvalue weighted by molar-refractivity contribution is 0.529. The number of nitrogens with zero attached hydrogens (tertiary/aromatic N) is 2. The van der Waals surface area contributed by atoms with Gasteiger partial charge in [-0.15, -0.1) is 0 Å². The Morgan fingerprint density at radius 2 is 2.35 bits per heavy atom. The Labute approximate surface area is 109 Å². The molecule has 0 aliphatic heterocycles. The summed E-state index contributed by atoms with van der Waals surface area (Å²) in [6.45, 7) is 2.10. The summed E-state index contributed by atoms with van der Waals surface area (Å²) in [6, 6.07) is 3.92. The van der Waals surface area contributed by atoms with Crippen LogP contribution in [0.25, 0.3) is 0 Å². The lowest BCUT2D eigenvalue weighted by Crippen LogP contribution is -2.15. The Kier molecular flexibility index (Phi) is 3.69. The van der Waals surface area contributed by atoms with Crippen molar-refractivity contribution in [2.75, 3.05) is 0 Å². The molecule has 0 aliphatic carbocycles. The van der Waals surface area contributed by atoms with Crippen LogP contribution < -0.4 is 5.73 Å². The van der Waals surface area contributed by atoms with Gasteiger partial charge in [0, 0.05) is 30.8 Å². The molecule has 5 heteroatoms. The van der Waals surface area contributed by atoms with Crippen LogP contribution in [0.15, 0.2) is 27.5 Å². The van der Waals surface area contributed by atoms with E-state index >= 15 is 0 Å². The normalized spacial score (nSPS) is 12.9. The molecule has 0 saturated carbocycles. The van der Waals surface area contributed by atoms with Crippen molar-refractivity contribution in [3.63, 3.8) is 0 Å². The predicted octanol–water partition coefficient (Wildman–Crippen LogP) is 2.58. The first-order valence-electron chi connectivity index (χ1n) is 5.62. The molecule has 2 N–H and O–H groups in total. The van der Waals surface area contributed by atoms with E-state index in [0.29, 0.717) is 4.67 Å². The average Bonchev–Trinajstić information content (AvgIpc) is 2.86. The molecule has 0 saturated heterocycles. The third-order valence-corrected chi connectivity index (χ3v) is 3.51. The SMILES string of the molecule is CCc1cc(CC(N)c2ccoc2Br)n(C)n1. The van der Waals surface area contributed by atoms with Crippen molar-refractivity contribution in [3.05, 3.63) is 40.0 Å². The summed E-state index contributed by atoms with van der Waals surface area (Å²) in [6.07, 6.45) is 3.33. The fourth-order valence-electron chi connectivity index (χ4n) is 1.84. The number of rotatable bonds is 4. The molecule has 0 spiro atoms. The summed E-state index contributed by atoms with van der Waals surface area (Å²) in [5.74, 6) is 0. The van der Waals surface area contributed by atoms with E-state index in [9.17, 15) is 0 Å². The topological polar surface area (TPSA) is 57.0 Å². The minimum atomic E-state index is -0.0803. The van der Waals surface area contributed by atoms with Crippen LogP contribution in [0.4, 0.5) is 0 Å². The Bertz CT molecular complexity index is 504. The van der Waals surface area contributed by atoms with Crippen molar-refractivity contribution in [2.24, 2.45) is 12.8 Å².